The topological polar surface area (TPSA) is 67.9 Å². The first-order valence-electron chi connectivity index (χ1n) is 10.1. The van der Waals surface area contributed by atoms with Crippen molar-refractivity contribution in [1.82, 2.24) is 10.2 Å². The molecule has 1 N–H and O–H groups in total. The second-order valence-electron chi connectivity index (χ2n) is 8.01. The predicted octanol–water partition coefficient (Wildman–Crippen LogP) is 3.22. The minimum atomic E-state index is -4.56. The molecule has 1 saturated carbocycles. The van der Waals surface area contributed by atoms with Crippen molar-refractivity contribution in [2.24, 2.45) is 5.92 Å². The van der Waals surface area contributed by atoms with E-state index in [0.717, 1.165) is 25.0 Å². The lowest BCUT2D eigenvalue weighted by molar-refractivity contribution is -0.137. The van der Waals surface area contributed by atoms with Gasteiger partial charge in [-0.25, -0.2) is 0 Å². The number of halogens is 3. The molecule has 1 aromatic carbocycles. The summed E-state index contributed by atoms with van der Waals surface area (Å²) in [7, 11) is 1.51. The van der Waals surface area contributed by atoms with E-state index in [2.05, 4.69) is 5.32 Å². The number of benzene rings is 1. The number of nitrogens with zero attached hydrogens (tertiary/aromatic N) is 1. The van der Waals surface area contributed by atoms with Crippen LogP contribution in [0.5, 0.6) is 0 Å². The molecule has 0 bridgehead atoms. The van der Waals surface area contributed by atoms with Crippen LogP contribution in [0.3, 0.4) is 0 Å². The van der Waals surface area contributed by atoms with E-state index in [1.54, 1.807) is 0 Å². The van der Waals surface area contributed by atoms with Crippen molar-refractivity contribution in [3.63, 3.8) is 0 Å². The molecule has 1 spiro atoms. The van der Waals surface area contributed by atoms with E-state index in [1.165, 1.54) is 24.1 Å². The number of nitrogens with one attached hydrogen (secondary N) is 1. The molecule has 2 fully saturated rings. The maximum absolute atomic E-state index is 13.4. The lowest BCUT2D eigenvalue weighted by atomic mass is 9.83. The third-order valence-corrected chi connectivity index (χ3v) is 5.76. The summed E-state index contributed by atoms with van der Waals surface area (Å²) in [5.41, 5.74) is -1.99. The van der Waals surface area contributed by atoms with Crippen LogP contribution in [0.15, 0.2) is 24.3 Å². The fraction of sp³-hybridized carbons (Fsp3) is 0.619. The Morgan fingerprint density at radius 1 is 1.37 bits per heavy atom. The van der Waals surface area contributed by atoms with Crippen LogP contribution < -0.4 is 5.32 Å². The Morgan fingerprint density at radius 2 is 2.13 bits per heavy atom. The fourth-order valence-electron chi connectivity index (χ4n) is 4.37. The van der Waals surface area contributed by atoms with Crippen molar-refractivity contribution >= 4 is 11.8 Å². The molecule has 0 radical (unpaired) electrons. The number of alkyl halides is 3. The van der Waals surface area contributed by atoms with Gasteiger partial charge in [0.15, 0.2) is 0 Å². The highest BCUT2D eigenvalue weighted by atomic mass is 19.4. The van der Waals surface area contributed by atoms with E-state index in [0.29, 0.717) is 19.4 Å². The van der Waals surface area contributed by atoms with Crippen molar-refractivity contribution in [3.05, 3.63) is 35.4 Å². The normalized spacial score (nSPS) is 26.8. The maximum Gasteiger partial charge on any atom is 0.416 e. The van der Waals surface area contributed by atoms with E-state index in [9.17, 15) is 22.8 Å². The summed E-state index contributed by atoms with van der Waals surface area (Å²) in [6.45, 7) is 2.63. The molecule has 1 aliphatic carbocycles. The molecule has 30 heavy (non-hydrogen) atoms. The van der Waals surface area contributed by atoms with Crippen LogP contribution in [-0.2, 0) is 20.4 Å². The largest absolute Gasteiger partial charge is 0.416 e. The summed E-state index contributed by atoms with van der Waals surface area (Å²) in [4.78, 5) is 27.6. The van der Waals surface area contributed by atoms with Gasteiger partial charge < -0.3 is 14.8 Å². The predicted molar refractivity (Wildman–Crippen MR) is 103 cm³/mol. The molecule has 1 saturated heterocycles. The smallest absolute Gasteiger partial charge is 0.383 e. The number of hydrogen-bond donors (Lipinski definition) is 1. The first kappa shape index (κ1) is 22.6. The van der Waals surface area contributed by atoms with Gasteiger partial charge in [0, 0.05) is 19.2 Å². The molecule has 3 atom stereocenters. The number of methoxy groups -OCH3 is 1. The van der Waals surface area contributed by atoms with Gasteiger partial charge in [0.1, 0.15) is 11.8 Å². The van der Waals surface area contributed by atoms with Gasteiger partial charge in [-0.15, -0.1) is 0 Å². The first-order chi connectivity index (χ1) is 14.2. The molecule has 0 aromatic heterocycles. The van der Waals surface area contributed by atoms with Gasteiger partial charge in [-0.2, -0.15) is 13.2 Å². The molecule has 1 heterocycles. The molecule has 0 unspecified atom stereocenters. The molecule has 3 rings (SSSR count). The fourth-order valence-corrected chi connectivity index (χ4v) is 4.37. The Hall–Kier alpha value is -2.13. The summed E-state index contributed by atoms with van der Waals surface area (Å²) < 4.78 is 50.5. The summed E-state index contributed by atoms with van der Waals surface area (Å²) >= 11 is 0. The van der Waals surface area contributed by atoms with Crippen LogP contribution in [0.1, 0.15) is 48.5 Å². The van der Waals surface area contributed by atoms with Gasteiger partial charge in [0.05, 0.1) is 18.8 Å². The van der Waals surface area contributed by atoms with Gasteiger partial charge in [0.2, 0.25) is 5.91 Å². The monoisotopic (exact) mass is 428 g/mol. The number of carbonyl (C=O) groups excluding carboxylic acids is 2. The van der Waals surface area contributed by atoms with E-state index in [4.69, 9.17) is 9.47 Å². The zero-order valence-corrected chi connectivity index (χ0v) is 17.1. The highest BCUT2D eigenvalue weighted by Crippen LogP contribution is 2.43. The van der Waals surface area contributed by atoms with Gasteiger partial charge in [-0.05, 0) is 43.4 Å². The van der Waals surface area contributed by atoms with Crippen LogP contribution in [-0.4, -0.2) is 55.3 Å². The number of ether oxygens (including phenoxy) is 2. The van der Waals surface area contributed by atoms with Crippen molar-refractivity contribution in [2.45, 2.75) is 50.6 Å². The Kier molecular flexibility index (Phi) is 6.71. The summed E-state index contributed by atoms with van der Waals surface area (Å²) in [6.07, 6.45) is -1.69. The van der Waals surface area contributed by atoms with Crippen LogP contribution in [0, 0.1) is 5.92 Å². The SMILES string of the molecule is COCCNC(=O)[C@@H]1CO[C@@]2(CCC[C@@H](C)C2)N1C(=O)c1cccc(C(F)(F)F)c1. The first-order valence-corrected chi connectivity index (χ1v) is 10.1. The second-order valence-corrected chi connectivity index (χ2v) is 8.01. The molecule has 1 aromatic rings. The summed E-state index contributed by atoms with van der Waals surface area (Å²) in [5.74, 6) is -0.757. The van der Waals surface area contributed by atoms with Gasteiger partial charge >= 0.3 is 6.18 Å². The quantitative estimate of drug-likeness (QED) is 0.732. The van der Waals surface area contributed by atoms with Gasteiger partial charge in [-0.3, -0.25) is 14.5 Å². The number of amides is 2. The third-order valence-electron chi connectivity index (χ3n) is 5.76. The Morgan fingerprint density at radius 3 is 2.80 bits per heavy atom. The summed E-state index contributed by atoms with van der Waals surface area (Å²) in [5, 5.41) is 2.71. The zero-order chi connectivity index (χ0) is 21.9. The van der Waals surface area contributed by atoms with Crippen LogP contribution in [0.25, 0.3) is 0 Å². The standard InChI is InChI=1S/C21H27F3N2O4/c1-14-5-4-8-20(12-14)26(17(13-30-20)18(27)25-9-10-29-2)19(28)15-6-3-7-16(11-15)21(22,23)24/h3,6-7,11,14,17H,4-5,8-10,12-13H2,1-2H3,(H,25,27)/t14-,17+,20-/m1/s1. The van der Waals surface area contributed by atoms with Crippen LogP contribution in [0.2, 0.25) is 0 Å². The highest BCUT2D eigenvalue weighted by Gasteiger charge is 2.54. The molecule has 6 nitrogen and oxygen atoms in total. The zero-order valence-electron chi connectivity index (χ0n) is 17.1. The highest BCUT2D eigenvalue weighted by molar-refractivity contribution is 5.98. The molecule has 2 amide bonds. The lowest BCUT2D eigenvalue weighted by Crippen LogP contribution is -2.57. The number of rotatable bonds is 5. The van der Waals surface area contributed by atoms with Crippen LogP contribution in [0.4, 0.5) is 13.2 Å². The molecular formula is C21H27F3N2O4. The second kappa shape index (κ2) is 8.93. The van der Waals surface area contributed by atoms with Gasteiger partial charge in [0.25, 0.3) is 5.91 Å². The lowest BCUT2D eigenvalue weighted by Gasteiger charge is -2.43. The molecule has 9 heteroatoms. The van der Waals surface area contributed by atoms with Crippen molar-refractivity contribution in [3.8, 4) is 0 Å². The molecule has 166 valence electrons. The molecular weight excluding hydrogens is 401 g/mol. The summed E-state index contributed by atoms with van der Waals surface area (Å²) in [6, 6.07) is 3.40. The van der Waals surface area contributed by atoms with E-state index in [-0.39, 0.29) is 24.6 Å². The van der Waals surface area contributed by atoms with E-state index < -0.39 is 35.3 Å². The maximum atomic E-state index is 13.4. The Bertz CT molecular complexity index is 786. The van der Waals surface area contributed by atoms with Crippen molar-refractivity contribution in [2.75, 3.05) is 26.9 Å². The average molecular weight is 428 g/mol. The van der Waals surface area contributed by atoms with E-state index >= 15 is 0 Å². The molecule has 1 aliphatic heterocycles. The Balaban J connectivity index is 1.93. The molecule has 2 aliphatic rings. The minimum Gasteiger partial charge on any atom is -0.383 e. The number of carbonyl (C=O) groups is 2. The van der Waals surface area contributed by atoms with Gasteiger partial charge in [-0.1, -0.05) is 19.4 Å². The average Bonchev–Trinajstić information content (AvgIpc) is 3.05. The van der Waals surface area contributed by atoms with Crippen molar-refractivity contribution in [1.29, 1.82) is 0 Å². The Labute approximate surface area is 173 Å². The minimum absolute atomic E-state index is 0.0102. The van der Waals surface area contributed by atoms with Crippen molar-refractivity contribution < 1.29 is 32.2 Å². The number of hydrogen-bond acceptors (Lipinski definition) is 4. The third kappa shape index (κ3) is 4.62. The van der Waals surface area contributed by atoms with E-state index in [1.807, 2.05) is 6.92 Å². The van der Waals surface area contributed by atoms with Crippen LogP contribution >= 0.6 is 0 Å².